The monoisotopic (exact) mass is 274 g/mol. The van der Waals surface area contributed by atoms with E-state index in [9.17, 15) is 0 Å². The Labute approximate surface area is 117 Å². The Morgan fingerprint density at radius 3 is 3.05 bits per heavy atom. The number of anilines is 1. The van der Waals surface area contributed by atoms with Gasteiger partial charge in [-0.3, -0.25) is 4.98 Å². The summed E-state index contributed by atoms with van der Waals surface area (Å²) in [5.74, 6) is 1.42. The molecule has 1 aliphatic heterocycles. The largest absolute Gasteiger partial charge is 0.491 e. The summed E-state index contributed by atoms with van der Waals surface area (Å²) < 4.78 is 5.77. The fourth-order valence-corrected chi connectivity index (χ4v) is 2.43. The van der Waals surface area contributed by atoms with Crippen molar-refractivity contribution in [3.05, 3.63) is 53.9 Å². The summed E-state index contributed by atoms with van der Waals surface area (Å²) in [4.78, 5) is 6.53. The van der Waals surface area contributed by atoms with Crippen LogP contribution in [0.2, 0.25) is 0 Å². The van der Waals surface area contributed by atoms with E-state index in [-0.39, 0.29) is 0 Å². The maximum absolute atomic E-state index is 5.85. The fourth-order valence-electron chi connectivity index (χ4n) is 2.28. The highest BCUT2D eigenvalue weighted by molar-refractivity contribution is 6.16. The third kappa shape index (κ3) is 2.66. The smallest absolute Gasteiger partial charge is 0.124 e. The second-order valence-corrected chi connectivity index (χ2v) is 4.78. The number of benzene rings is 1. The number of aromatic nitrogens is 1. The molecule has 0 unspecified atom stereocenters. The van der Waals surface area contributed by atoms with Crippen LogP contribution in [0.5, 0.6) is 5.75 Å². The van der Waals surface area contributed by atoms with Crippen LogP contribution in [0.1, 0.15) is 11.3 Å². The maximum Gasteiger partial charge on any atom is 0.124 e. The van der Waals surface area contributed by atoms with E-state index in [0.717, 1.165) is 30.2 Å². The van der Waals surface area contributed by atoms with E-state index < -0.39 is 0 Å². The number of pyridine rings is 1. The zero-order chi connectivity index (χ0) is 13.1. The summed E-state index contributed by atoms with van der Waals surface area (Å²) >= 11 is 5.85. The SMILES string of the molecule is ClCc1cc(N2CCOc3ccccc3C2)ccn1. The number of ether oxygens (including phenoxy) is 1. The van der Waals surface area contributed by atoms with Crippen molar-refractivity contribution in [3.8, 4) is 5.75 Å². The Hall–Kier alpha value is -1.74. The molecule has 0 atom stereocenters. The molecule has 1 aliphatic rings. The second kappa shape index (κ2) is 5.49. The normalized spacial score (nSPS) is 14.5. The molecular weight excluding hydrogens is 260 g/mol. The summed E-state index contributed by atoms with van der Waals surface area (Å²) in [6.07, 6.45) is 1.81. The molecule has 0 aliphatic carbocycles. The van der Waals surface area contributed by atoms with E-state index in [2.05, 4.69) is 16.0 Å². The number of halogens is 1. The molecular formula is C15H15ClN2O. The zero-order valence-corrected chi connectivity index (χ0v) is 11.3. The van der Waals surface area contributed by atoms with Crippen LogP contribution in [-0.2, 0) is 12.4 Å². The third-order valence-corrected chi connectivity index (χ3v) is 3.53. The lowest BCUT2D eigenvalue weighted by Crippen LogP contribution is -2.25. The molecule has 0 bridgehead atoms. The molecule has 0 saturated carbocycles. The van der Waals surface area contributed by atoms with Crippen LogP contribution in [0.4, 0.5) is 5.69 Å². The van der Waals surface area contributed by atoms with Crippen LogP contribution in [0.15, 0.2) is 42.6 Å². The molecule has 98 valence electrons. The molecule has 3 nitrogen and oxygen atoms in total. The van der Waals surface area contributed by atoms with Gasteiger partial charge in [-0.25, -0.2) is 0 Å². The van der Waals surface area contributed by atoms with Gasteiger partial charge in [0.1, 0.15) is 12.4 Å². The lowest BCUT2D eigenvalue weighted by atomic mass is 10.2. The fraction of sp³-hybridized carbons (Fsp3) is 0.267. The average Bonchev–Trinajstić information content (AvgIpc) is 2.69. The van der Waals surface area contributed by atoms with Crippen LogP contribution in [0, 0.1) is 0 Å². The van der Waals surface area contributed by atoms with Gasteiger partial charge in [-0.05, 0) is 18.2 Å². The molecule has 0 spiro atoms. The molecule has 0 fully saturated rings. The number of para-hydroxylation sites is 1. The van der Waals surface area contributed by atoms with Gasteiger partial charge in [0.25, 0.3) is 0 Å². The Morgan fingerprint density at radius 1 is 1.26 bits per heavy atom. The Balaban J connectivity index is 1.89. The van der Waals surface area contributed by atoms with E-state index >= 15 is 0 Å². The van der Waals surface area contributed by atoms with Gasteiger partial charge in [0.05, 0.1) is 18.1 Å². The molecule has 0 amide bonds. The summed E-state index contributed by atoms with van der Waals surface area (Å²) in [5.41, 5.74) is 3.26. The van der Waals surface area contributed by atoms with Crippen molar-refractivity contribution in [1.82, 2.24) is 4.98 Å². The molecule has 1 aromatic heterocycles. The van der Waals surface area contributed by atoms with Gasteiger partial charge >= 0.3 is 0 Å². The van der Waals surface area contributed by atoms with Crippen molar-refractivity contribution >= 4 is 17.3 Å². The van der Waals surface area contributed by atoms with Crippen LogP contribution in [-0.4, -0.2) is 18.1 Å². The van der Waals surface area contributed by atoms with Crippen LogP contribution in [0.3, 0.4) is 0 Å². The Bertz CT molecular complexity index is 574. The molecule has 0 saturated heterocycles. The van der Waals surface area contributed by atoms with Crippen LogP contribution < -0.4 is 9.64 Å². The zero-order valence-electron chi connectivity index (χ0n) is 10.6. The quantitative estimate of drug-likeness (QED) is 0.787. The first kappa shape index (κ1) is 12.3. The highest BCUT2D eigenvalue weighted by atomic mass is 35.5. The third-order valence-electron chi connectivity index (χ3n) is 3.25. The van der Waals surface area contributed by atoms with Gasteiger partial charge in [0.15, 0.2) is 0 Å². The Morgan fingerprint density at radius 2 is 2.16 bits per heavy atom. The van der Waals surface area contributed by atoms with E-state index in [1.54, 1.807) is 0 Å². The minimum atomic E-state index is 0.439. The van der Waals surface area contributed by atoms with Gasteiger partial charge in [-0.15, -0.1) is 11.6 Å². The van der Waals surface area contributed by atoms with Gasteiger partial charge < -0.3 is 9.64 Å². The first-order valence-electron chi connectivity index (χ1n) is 6.33. The molecule has 3 rings (SSSR count). The molecule has 1 aromatic carbocycles. The molecule has 19 heavy (non-hydrogen) atoms. The number of fused-ring (bicyclic) bond motifs is 1. The topological polar surface area (TPSA) is 25.4 Å². The molecule has 2 aromatic rings. The van der Waals surface area contributed by atoms with Crippen molar-refractivity contribution in [1.29, 1.82) is 0 Å². The lowest BCUT2D eigenvalue weighted by molar-refractivity contribution is 0.331. The number of rotatable bonds is 2. The first-order chi connectivity index (χ1) is 9.36. The maximum atomic E-state index is 5.85. The van der Waals surface area contributed by atoms with Crippen molar-refractivity contribution in [2.75, 3.05) is 18.1 Å². The number of hydrogen-bond acceptors (Lipinski definition) is 3. The predicted molar refractivity (Wildman–Crippen MR) is 76.8 cm³/mol. The minimum absolute atomic E-state index is 0.439. The van der Waals surface area contributed by atoms with Crippen LogP contribution >= 0.6 is 11.6 Å². The number of alkyl halides is 1. The number of hydrogen-bond donors (Lipinski definition) is 0. The highest BCUT2D eigenvalue weighted by Crippen LogP contribution is 2.26. The molecule has 0 radical (unpaired) electrons. The summed E-state index contributed by atoms with van der Waals surface area (Å²) in [6, 6.07) is 12.2. The van der Waals surface area contributed by atoms with Crippen molar-refractivity contribution in [2.45, 2.75) is 12.4 Å². The standard InChI is InChI=1S/C15H15ClN2O/c16-10-13-9-14(5-6-17-13)18-7-8-19-15-4-2-1-3-12(15)11-18/h1-6,9H,7-8,10-11H2. The molecule has 0 N–H and O–H groups in total. The van der Waals surface area contributed by atoms with Crippen molar-refractivity contribution in [3.63, 3.8) is 0 Å². The summed E-state index contributed by atoms with van der Waals surface area (Å²) in [7, 11) is 0. The number of nitrogens with zero attached hydrogens (tertiary/aromatic N) is 2. The van der Waals surface area contributed by atoms with E-state index in [1.165, 1.54) is 5.56 Å². The highest BCUT2D eigenvalue weighted by Gasteiger charge is 2.15. The molecule has 2 heterocycles. The predicted octanol–water partition coefficient (Wildman–Crippen LogP) is 3.22. The van der Waals surface area contributed by atoms with E-state index in [4.69, 9.17) is 16.3 Å². The van der Waals surface area contributed by atoms with Gasteiger partial charge in [0, 0.05) is 24.0 Å². The van der Waals surface area contributed by atoms with Crippen molar-refractivity contribution < 1.29 is 4.74 Å². The minimum Gasteiger partial charge on any atom is -0.491 e. The van der Waals surface area contributed by atoms with Crippen LogP contribution in [0.25, 0.3) is 0 Å². The van der Waals surface area contributed by atoms with E-state index in [1.807, 2.05) is 36.5 Å². The van der Waals surface area contributed by atoms with E-state index in [0.29, 0.717) is 12.5 Å². The second-order valence-electron chi connectivity index (χ2n) is 4.52. The Kier molecular flexibility index (Phi) is 3.56. The molecule has 4 heteroatoms. The first-order valence-corrected chi connectivity index (χ1v) is 6.87. The summed E-state index contributed by atoms with van der Waals surface area (Å²) in [5, 5.41) is 0. The average molecular weight is 275 g/mol. The van der Waals surface area contributed by atoms with Crippen molar-refractivity contribution in [2.24, 2.45) is 0 Å². The van der Waals surface area contributed by atoms with Gasteiger partial charge in [0.2, 0.25) is 0 Å². The van der Waals surface area contributed by atoms with Gasteiger partial charge in [-0.1, -0.05) is 18.2 Å². The van der Waals surface area contributed by atoms with Gasteiger partial charge in [-0.2, -0.15) is 0 Å². The summed E-state index contributed by atoms with van der Waals surface area (Å²) in [6.45, 7) is 2.40. The lowest BCUT2D eigenvalue weighted by Gasteiger charge is -2.22.